The molecule has 0 saturated heterocycles. The summed E-state index contributed by atoms with van der Waals surface area (Å²) in [6.45, 7) is 1.97. The minimum absolute atomic E-state index is 0.312. The van der Waals surface area contributed by atoms with Crippen molar-refractivity contribution < 1.29 is 9.53 Å². The van der Waals surface area contributed by atoms with Crippen molar-refractivity contribution in [3.05, 3.63) is 54.1 Å². The predicted octanol–water partition coefficient (Wildman–Crippen LogP) is 4.52. The van der Waals surface area contributed by atoms with E-state index in [-0.39, 0.29) is 5.56 Å². The Balaban J connectivity index is 2.24. The van der Waals surface area contributed by atoms with Gasteiger partial charge in [-0.1, -0.05) is 54.9 Å². The van der Waals surface area contributed by atoms with Crippen molar-refractivity contribution in [3.63, 3.8) is 0 Å². The molecule has 0 saturated carbocycles. The Morgan fingerprint density at radius 3 is 2.53 bits per heavy atom. The van der Waals surface area contributed by atoms with Crippen LogP contribution in [-0.4, -0.2) is 11.8 Å². The van der Waals surface area contributed by atoms with Crippen molar-refractivity contribution in [2.45, 2.75) is 18.9 Å². The summed E-state index contributed by atoms with van der Waals surface area (Å²) in [5.41, 5.74) is 2.43. The lowest BCUT2D eigenvalue weighted by atomic mass is 10.0. The monoisotopic (exact) mass is 274 g/mol. The van der Waals surface area contributed by atoms with Gasteiger partial charge < -0.3 is 4.74 Å². The van der Waals surface area contributed by atoms with E-state index in [0.717, 1.165) is 29.6 Å². The molecule has 0 aliphatic carbocycles. The molecule has 0 aliphatic heterocycles. The fraction of sp³-hybridized carbons (Fsp3) is 0.188. The fourth-order valence-corrected chi connectivity index (χ4v) is 1.84. The van der Waals surface area contributed by atoms with Gasteiger partial charge in [-0.15, -0.1) is 0 Å². The number of halogens is 1. The van der Waals surface area contributed by atoms with E-state index in [1.807, 2.05) is 43.3 Å². The molecule has 0 radical (unpaired) electrons. The number of ether oxygens (including phenoxy) is 1. The van der Waals surface area contributed by atoms with Crippen LogP contribution in [0.4, 0.5) is 0 Å². The van der Waals surface area contributed by atoms with E-state index in [0.29, 0.717) is 5.56 Å². The van der Waals surface area contributed by atoms with Gasteiger partial charge >= 0.3 is 0 Å². The second-order valence-electron chi connectivity index (χ2n) is 4.20. The third kappa shape index (κ3) is 3.58. The number of carbonyl (C=O) groups is 1. The van der Waals surface area contributed by atoms with Gasteiger partial charge in [0, 0.05) is 5.56 Å². The number of hydrogen-bond donors (Lipinski definition) is 0. The lowest BCUT2D eigenvalue weighted by molar-refractivity contribution is 0.112. The van der Waals surface area contributed by atoms with Crippen molar-refractivity contribution in [3.8, 4) is 16.9 Å². The van der Waals surface area contributed by atoms with Crippen LogP contribution in [0.15, 0.2) is 48.5 Å². The Bertz CT molecular complexity index is 549. The second-order valence-corrected chi connectivity index (χ2v) is 4.69. The molecule has 0 aromatic heterocycles. The molecule has 1 atom stereocenters. The summed E-state index contributed by atoms with van der Waals surface area (Å²) in [4.78, 5) is 10.6. The zero-order chi connectivity index (χ0) is 13.7. The highest BCUT2D eigenvalue weighted by Gasteiger charge is 2.05. The van der Waals surface area contributed by atoms with Gasteiger partial charge in [0.1, 0.15) is 12.0 Å². The van der Waals surface area contributed by atoms with Crippen molar-refractivity contribution in [2.75, 3.05) is 0 Å². The lowest BCUT2D eigenvalue weighted by Crippen LogP contribution is -2.06. The number of hydrogen-bond acceptors (Lipinski definition) is 2. The van der Waals surface area contributed by atoms with E-state index in [4.69, 9.17) is 16.3 Å². The van der Waals surface area contributed by atoms with Gasteiger partial charge in [0.05, 0.1) is 0 Å². The van der Waals surface area contributed by atoms with Gasteiger partial charge in [0.15, 0.2) is 5.56 Å². The maximum absolute atomic E-state index is 10.6. The molecule has 2 nitrogen and oxygen atoms in total. The Hall–Kier alpha value is -1.80. The van der Waals surface area contributed by atoms with Gasteiger partial charge in [-0.2, -0.15) is 0 Å². The van der Waals surface area contributed by atoms with E-state index in [1.54, 1.807) is 12.1 Å². The van der Waals surface area contributed by atoms with Gasteiger partial charge in [0.2, 0.25) is 0 Å². The van der Waals surface area contributed by atoms with Crippen LogP contribution in [0.1, 0.15) is 23.7 Å². The van der Waals surface area contributed by atoms with Crippen LogP contribution in [0, 0.1) is 0 Å². The smallest absolute Gasteiger partial charge is 0.171 e. The van der Waals surface area contributed by atoms with Crippen molar-refractivity contribution >= 4 is 17.9 Å². The zero-order valence-electron chi connectivity index (χ0n) is 10.7. The molecule has 0 amide bonds. The van der Waals surface area contributed by atoms with Crippen LogP contribution in [0.5, 0.6) is 5.75 Å². The maximum Gasteiger partial charge on any atom is 0.171 e. The van der Waals surface area contributed by atoms with E-state index < -0.39 is 0 Å². The highest BCUT2D eigenvalue weighted by atomic mass is 35.5. The molecular weight excluding hydrogens is 260 g/mol. The summed E-state index contributed by atoms with van der Waals surface area (Å²) in [6.07, 6.45) is 1.59. The Labute approximate surface area is 118 Å². The Morgan fingerprint density at radius 2 is 1.89 bits per heavy atom. The fourth-order valence-electron chi connectivity index (χ4n) is 1.73. The lowest BCUT2D eigenvalue weighted by Gasteiger charge is -2.11. The number of alkyl halides is 1. The highest BCUT2D eigenvalue weighted by molar-refractivity contribution is 6.19. The van der Waals surface area contributed by atoms with Crippen LogP contribution in [0.3, 0.4) is 0 Å². The van der Waals surface area contributed by atoms with E-state index in [9.17, 15) is 4.79 Å². The molecule has 0 fully saturated rings. The SMILES string of the molecule is CCC(Cl)Oc1cccc(-c2ccc(C=O)cc2)c1. The molecule has 19 heavy (non-hydrogen) atoms. The second kappa shape index (κ2) is 6.39. The van der Waals surface area contributed by atoms with Crippen LogP contribution in [0.2, 0.25) is 0 Å². The quantitative estimate of drug-likeness (QED) is 0.592. The molecule has 2 aromatic rings. The summed E-state index contributed by atoms with van der Waals surface area (Å²) in [5.74, 6) is 0.749. The number of benzene rings is 2. The topological polar surface area (TPSA) is 26.3 Å². The van der Waals surface area contributed by atoms with Crippen LogP contribution in [-0.2, 0) is 0 Å². The first kappa shape index (κ1) is 13.6. The Kier molecular flexibility index (Phi) is 4.58. The minimum atomic E-state index is -0.312. The molecule has 0 heterocycles. The average Bonchev–Trinajstić information content (AvgIpc) is 2.47. The van der Waals surface area contributed by atoms with E-state index in [2.05, 4.69) is 0 Å². The average molecular weight is 275 g/mol. The van der Waals surface area contributed by atoms with Crippen LogP contribution in [0.25, 0.3) is 11.1 Å². The third-order valence-electron chi connectivity index (χ3n) is 2.80. The first-order valence-corrected chi connectivity index (χ1v) is 6.63. The van der Waals surface area contributed by atoms with E-state index in [1.165, 1.54) is 0 Å². The van der Waals surface area contributed by atoms with Crippen molar-refractivity contribution in [1.29, 1.82) is 0 Å². The van der Waals surface area contributed by atoms with Crippen molar-refractivity contribution in [2.24, 2.45) is 0 Å². The molecule has 2 aromatic carbocycles. The summed E-state index contributed by atoms with van der Waals surface area (Å²) >= 11 is 5.98. The normalized spacial score (nSPS) is 11.9. The third-order valence-corrected chi connectivity index (χ3v) is 3.20. The molecule has 98 valence electrons. The van der Waals surface area contributed by atoms with E-state index >= 15 is 0 Å². The largest absolute Gasteiger partial charge is 0.475 e. The maximum atomic E-state index is 10.6. The number of rotatable bonds is 5. The molecule has 0 spiro atoms. The van der Waals surface area contributed by atoms with Crippen molar-refractivity contribution in [1.82, 2.24) is 0 Å². The molecular formula is C16H15ClO2. The predicted molar refractivity (Wildman–Crippen MR) is 77.8 cm³/mol. The molecule has 2 rings (SSSR count). The number of aldehydes is 1. The summed E-state index contributed by atoms with van der Waals surface area (Å²) in [7, 11) is 0. The van der Waals surface area contributed by atoms with Gasteiger partial charge in [0.25, 0.3) is 0 Å². The zero-order valence-corrected chi connectivity index (χ0v) is 11.4. The van der Waals surface area contributed by atoms with Gasteiger partial charge in [-0.05, 0) is 29.7 Å². The minimum Gasteiger partial charge on any atom is -0.475 e. The highest BCUT2D eigenvalue weighted by Crippen LogP contribution is 2.25. The molecule has 3 heteroatoms. The Morgan fingerprint density at radius 1 is 1.16 bits per heavy atom. The molecule has 0 bridgehead atoms. The molecule has 0 N–H and O–H groups in total. The van der Waals surface area contributed by atoms with Gasteiger partial charge in [-0.25, -0.2) is 0 Å². The summed E-state index contributed by atoms with van der Waals surface area (Å²) < 4.78 is 5.58. The molecule has 1 unspecified atom stereocenters. The standard InChI is InChI=1S/C16H15ClO2/c1-2-16(17)19-15-5-3-4-14(10-15)13-8-6-12(11-18)7-9-13/h3-11,16H,2H2,1H3. The first-order valence-electron chi connectivity index (χ1n) is 6.19. The number of carbonyl (C=O) groups excluding carboxylic acids is 1. The van der Waals surface area contributed by atoms with Gasteiger partial charge in [-0.3, -0.25) is 4.79 Å². The van der Waals surface area contributed by atoms with Crippen LogP contribution < -0.4 is 4.74 Å². The summed E-state index contributed by atoms with van der Waals surface area (Å²) in [5, 5.41) is 0. The summed E-state index contributed by atoms with van der Waals surface area (Å²) in [6, 6.07) is 15.2. The molecule has 0 aliphatic rings. The first-order chi connectivity index (χ1) is 9.22. The van der Waals surface area contributed by atoms with Crippen LogP contribution >= 0.6 is 11.6 Å².